The number of ether oxygens (including phenoxy) is 1. The predicted molar refractivity (Wildman–Crippen MR) is 73.6 cm³/mol. The highest BCUT2D eigenvalue weighted by Gasteiger charge is 2.17. The first-order valence-electron chi connectivity index (χ1n) is 5.62. The molecule has 1 aromatic carbocycles. The van der Waals surface area contributed by atoms with E-state index in [1.807, 2.05) is 0 Å². The first kappa shape index (κ1) is 14.1. The Bertz CT molecular complexity index is 649. The van der Waals surface area contributed by atoms with E-state index in [9.17, 15) is 9.59 Å². The van der Waals surface area contributed by atoms with Gasteiger partial charge in [-0.25, -0.2) is 14.3 Å². The maximum Gasteiger partial charge on any atom is 0.340 e. The Morgan fingerprint density at radius 2 is 1.95 bits per heavy atom. The number of carboxylic acid groups (broad SMARTS) is 1. The zero-order valence-corrected chi connectivity index (χ0v) is 11.7. The molecule has 0 amide bonds. The van der Waals surface area contributed by atoms with Crippen molar-refractivity contribution in [2.75, 3.05) is 13.4 Å². The lowest BCUT2D eigenvalue weighted by atomic mass is 10.2. The summed E-state index contributed by atoms with van der Waals surface area (Å²) in [6.07, 6.45) is 3.09. The number of nitrogens with zero attached hydrogens (tertiary/aromatic N) is 2. The van der Waals surface area contributed by atoms with Gasteiger partial charge in [-0.2, -0.15) is 5.10 Å². The molecule has 0 bridgehead atoms. The van der Waals surface area contributed by atoms with Gasteiger partial charge in [0.2, 0.25) is 0 Å². The lowest BCUT2D eigenvalue weighted by Crippen LogP contribution is -2.04. The van der Waals surface area contributed by atoms with Crippen LogP contribution < -0.4 is 0 Å². The van der Waals surface area contributed by atoms with E-state index in [-0.39, 0.29) is 5.56 Å². The summed E-state index contributed by atoms with van der Waals surface area (Å²) in [7, 11) is 1.31. The quantitative estimate of drug-likeness (QED) is 0.686. The SMILES string of the molecule is COC(=O)c1ccc(-n2ncc(C(=O)O)c2SC)cc1. The predicted octanol–water partition coefficient (Wildman–Crippen LogP) is 2.08. The van der Waals surface area contributed by atoms with Crippen molar-refractivity contribution < 1.29 is 19.4 Å². The zero-order chi connectivity index (χ0) is 14.7. The fourth-order valence-electron chi connectivity index (χ4n) is 1.72. The van der Waals surface area contributed by atoms with Crippen molar-refractivity contribution >= 4 is 23.7 Å². The smallest absolute Gasteiger partial charge is 0.340 e. The minimum absolute atomic E-state index is 0.148. The second kappa shape index (κ2) is 5.79. The molecule has 0 radical (unpaired) electrons. The third kappa shape index (κ3) is 2.53. The first-order chi connectivity index (χ1) is 9.58. The molecule has 0 unspecified atom stereocenters. The molecule has 1 heterocycles. The number of carbonyl (C=O) groups excluding carboxylic acids is 1. The Kier molecular flexibility index (Phi) is 4.09. The normalized spacial score (nSPS) is 10.3. The standard InChI is InChI=1S/C13H12N2O4S/c1-19-13(18)8-3-5-9(6-4-8)15-11(20-2)10(7-14-15)12(16)17/h3-7H,1-2H3,(H,16,17). The fourth-order valence-corrected chi connectivity index (χ4v) is 2.41. The molecule has 0 saturated carbocycles. The number of hydrogen-bond acceptors (Lipinski definition) is 5. The molecular formula is C13H12N2O4S. The second-order valence-electron chi connectivity index (χ2n) is 3.82. The third-order valence-electron chi connectivity index (χ3n) is 2.68. The number of aromatic nitrogens is 2. The third-order valence-corrected chi connectivity index (χ3v) is 3.46. The first-order valence-corrected chi connectivity index (χ1v) is 6.85. The Morgan fingerprint density at radius 3 is 2.45 bits per heavy atom. The fraction of sp³-hybridized carbons (Fsp3) is 0.154. The number of benzene rings is 1. The highest BCUT2D eigenvalue weighted by molar-refractivity contribution is 7.98. The summed E-state index contributed by atoms with van der Waals surface area (Å²) in [6, 6.07) is 6.58. The Balaban J connectivity index is 2.42. The van der Waals surface area contributed by atoms with Crippen LogP contribution in [0.4, 0.5) is 0 Å². The van der Waals surface area contributed by atoms with E-state index in [0.29, 0.717) is 16.3 Å². The van der Waals surface area contributed by atoms with Crippen molar-refractivity contribution in [1.82, 2.24) is 9.78 Å². The molecule has 2 rings (SSSR count). The van der Waals surface area contributed by atoms with Gasteiger partial charge in [0.15, 0.2) is 0 Å². The Labute approximate surface area is 119 Å². The Hall–Kier alpha value is -2.28. The summed E-state index contributed by atoms with van der Waals surface area (Å²) in [6.45, 7) is 0. The molecule has 2 aromatic rings. The summed E-state index contributed by atoms with van der Waals surface area (Å²) in [5.74, 6) is -1.44. The molecule has 0 fully saturated rings. The van der Waals surface area contributed by atoms with Crippen LogP contribution in [0.15, 0.2) is 35.5 Å². The van der Waals surface area contributed by atoms with E-state index in [2.05, 4.69) is 9.84 Å². The van der Waals surface area contributed by atoms with Crippen LogP contribution in [0.3, 0.4) is 0 Å². The van der Waals surface area contributed by atoms with E-state index in [4.69, 9.17) is 5.11 Å². The van der Waals surface area contributed by atoms with Crippen molar-refractivity contribution in [2.45, 2.75) is 5.03 Å². The van der Waals surface area contributed by atoms with Crippen molar-refractivity contribution in [3.63, 3.8) is 0 Å². The van der Waals surface area contributed by atoms with E-state index in [0.717, 1.165) is 0 Å². The molecule has 1 aromatic heterocycles. The van der Waals surface area contributed by atoms with Crippen LogP contribution in [-0.2, 0) is 4.74 Å². The van der Waals surface area contributed by atoms with Crippen molar-refractivity contribution in [3.8, 4) is 5.69 Å². The minimum atomic E-state index is -1.02. The number of methoxy groups -OCH3 is 1. The summed E-state index contributed by atoms with van der Waals surface area (Å²) in [5.41, 5.74) is 1.25. The van der Waals surface area contributed by atoms with Crippen LogP contribution in [0.25, 0.3) is 5.69 Å². The number of esters is 1. The van der Waals surface area contributed by atoms with E-state index >= 15 is 0 Å². The van der Waals surface area contributed by atoms with Crippen molar-refractivity contribution in [1.29, 1.82) is 0 Å². The molecule has 0 aliphatic rings. The molecule has 7 heteroatoms. The summed E-state index contributed by atoms with van der Waals surface area (Å²) >= 11 is 1.29. The van der Waals surface area contributed by atoms with Crippen molar-refractivity contribution in [2.24, 2.45) is 0 Å². The van der Waals surface area contributed by atoms with Gasteiger partial charge < -0.3 is 9.84 Å². The number of rotatable bonds is 4. The minimum Gasteiger partial charge on any atom is -0.478 e. The van der Waals surface area contributed by atoms with Gasteiger partial charge in [0, 0.05) is 0 Å². The molecule has 0 aliphatic carbocycles. The van der Waals surface area contributed by atoms with Gasteiger partial charge in [-0.05, 0) is 30.5 Å². The number of hydrogen-bond donors (Lipinski definition) is 1. The molecule has 20 heavy (non-hydrogen) atoms. The summed E-state index contributed by atoms with van der Waals surface area (Å²) in [5, 5.41) is 13.7. The highest BCUT2D eigenvalue weighted by atomic mass is 32.2. The lowest BCUT2D eigenvalue weighted by molar-refractivity contribution is 0.0600. The number of carbonyl (C=O) groups is 2. The molecule has 0 aliphatic heterocycles. The van der Waals surface area contributed by atoms with Crippen molar-refractivity contribution in [3.05, 3.63) is 41.6 Å². The van der Waals surface area contributed by atoms with E-state index < -0.39 is 11.9 Å². The summed E-state index contributed by atoms with van der Waals surface area (Å²) < 4.78 is 6.14. The van der Waals surface area contributed by atoms with Crippen LogP contribution >= 0.6 is 11.8 Å². The van der Waals surface area contributed by atoms with E-state index in [1.165, 1.54) is 29.8 Å². The molecule has 0 saturated heterocycles. The average Bonchev–Trinajstić information content (AvgIpc) is 2.90. The maximum absolute atomic E-state index is 11.4. The molecular weight excluding hydrogens is 280 g/mol. The number of aromatic carboxylic acids is 1. The van der Waals surface area contributed by atoms with Gasteiger partial charge in [0.05, 0.1) is 24.6 Å². The number of carboxylic acids is 1. The van der Waals surface area contributed by atoms with Gasteiger partial charge >= 0.3 is 11.9 Å². The van der Waals surface area contributed by atoms with Crippen LogP contribution in [0.2, 0.25) is 0 Å². The van der Waals surface area contributed by atoms with Gasteiger partial charge in [-0.1, -0.05) is 0 Å². The molecule has 0 spiro atoms. The van der Waals surface area contributed by atoms with Gasteiger partial charge in [-0.15, -0.1) is 11.8 Å². The van der Waals surface area contributed by atoms with Crippen LogP contribution in [-0.4, -0.2) is 40.2 Å². The molecule has 104 valence electrons. The molecule has 6 nitrogen and oxygen atoms in total. The average molecular weight is 292 g/mol. The van der Waals surface area contributed by atoms with Crippen LogP contribution in [0.1, 0.15) is 20.7 Å². The maximum atomic E-state index is 11.4. The van der Waals surface area contributed by atoms with Gasteiger partial charge in [0.1, 0.15) is 10.6 Å². The topological polar surface area (TPSA) is 81.4 Å². The zero-order valence-electron chi connectivity index (χ0n) is 10.9. The van der Waals surface area contributed by atoms with Gasteiger partial charge in [0.25, 0.3) is 0 Å². The highest BCUT2D eigenvalue weighted by Crippen LogP contribution is 2.24. The lowest BCUT2D eigenvalue weighted by Gasteiger charge is -2.07. The van der Waals surface area contributed by atoms with Crippen LogP contribution in [0, 0.1) is 0 Å². The molecule has 1 N–H and O–H groups in total. The Morgan fingerprint density at radius 1 is 1.30 bits per heavy atom. The second-order valence-corrected chi connectivity index (χ2v) is 4.62. The molecule has 0 atom stereocenters. The largest absolute Gasteiger partial charge is 0.478 e. The van der Waals surface area contributed by atoms with E-state index in [1.54, 1.807) is 30.5 Å². The number of thioether (sulfide) groups is 1. The van der Waals surface area contributed by atoms with Crippen LogP contribution in [0.5, 0.6) is 0 Å². The van der Waals surface area contributed by atoms with Gasteiger partial charge in [-0.3, -0.25) is 0 Å². The summed E-state index contributed by atoms with van der Waals surface area (Å²) in [4.78, 5) is 22.4. The monoisotopic (exact) mass is 292 g/mol.